The number of carbonyl (C=O) groups is 1. The van der Waals surface area contributed by atoms with E-state index in [1.165, 1.54) is 5.32 Å². The van der Waals surface area contributed by atoms with Crippen molar-refractivity contribution in [2.75, 3.05) is 0 Å². The third kappa shape index (κ3) is 3.32. The van der Waals surface area contributed by atoms with Crippen LogP contribution in [0.1, 0.15) is 17.3 Å². The molecule has 0 aliphatic carbocycles. The van der Waals surface area contributed by atoms with Gasteiger partial charge in [0, 0.05) is 0 Å². The van der Waals surface area contributed by atoms with Crippen LogP contribution in [0.2, 0.25) is 5.02 Å². The van der Waals surface area contributed by atoms with Gasteiger partial charge in [0.25, 0.3) is 5.91 Å². The van der Waals surface area contributed by atoms with Crippen LogP contribution in [0.4, 0.5) is 22.0 Å². The van der Waals surface area contributed by atoms with Gasteiger partial charge in [-0.25, -0.2) is 8.78 Å². The summed E-state index contributed by atoms with van der Waals surface area (Å²) in [6, 6.07) is -1.22. The molecular formula is C10H7ClF5NO. The number of halogens is 6. The summed E-state index contributed by atoms with van der Waals surface area (Å²) in [4.78, 5) is 11.3. The van der Waals surface area contributed by atoms with Gasteiger partial charge in [-0.05, 0) is 19.1 Å². The highest BCUT2D eigenvalue weighted by Crippen LogP contribution is 2.22. The molecule has 1 N–H and O–H groups in total. The fourth-order valence-electron chi connectivity index (χ4n) is 1.05. The first-order valence-corrected chi connectivity index (χ1v) is 5.03. The van der Waals surface area contributed by atoms with Crippen LogP contribution in [-0.4, -0.2) is 18.1 Å². The minimum Gasteiger partial charge on any atom is -0.340 e. The van der Waals surface area contributed by atoms with Crippen molar-refractivity contribution in [3.8, 4) is 0 Å². The molecule has 2 nitrogen and oxygen atoms in total. The second-order valence-corrected chi connectivity index (χ2v) is 3.89. The SMILES string of the molecule is C[C@H](NC(=O)c1cc(F)c(Cl)cc1F)C(F)(F)F. The second kappa shape index (κ2) is 5.09. The lowest BCUT2D eigenvalue weighted by molar-refractivity contribution is -0.149. The summed E-state index contributed by atoms with van der Waals surface area (Å²) in [6.45, 7) is 0.683. The molecule has 18 heavy (non-hydrogen) atoms. The summed E-state index contributed by atoms with van der Waals surface area (Å²) in [5.41, 5.74) is -0.840. The molecule has 1 aromatic carbocycles. The normalized spacial score (nSPS) is 13.3. The zero-order valence-electron chi connectivity index (χ0n) is 8.91. The van der Waals surface area contributed by atoms with Crippen LogP contribution < -0.4 is 5.32 Å². The first kappa shape index (κ1) is 14.7. The summed E-state index contributed by atoms with van der Waals surface area (Å²) in [6.07, 6.45) is -4.67. The quantitative estimate of drug-likeness (QED) is 0.656. The van der Waals surface area contributed by atoms with Crippen LogP contribution in [0.3, 0.4) is 0 Å². The lowest BCUT2D eigenvalue weighted by Gasteiger charge is -2.17. The van der Waals surface area contributed by atoms with E-state index in [9.17, 15) is 26.7 Å². The molecule has 0 aliphatic heterocycles. The largest absolute Gasteiger partial charge is 0.408 e. The monoisotopic (exact) mass is 287 g/mol. The highest BCUT2D eigenvalue weighted by Gasteiger charge is 2.37. The van der Waals surface area contributed by atoms with Gasteiger partial charge in [0.2, 0.25) is 0 Å². The summed E-state index contributed by atoms with van der Waals surface area (Å²) in [5.74, 6) is -3.66. The Morgan fingerprint density at radius 2 is 1.83 bits per heavy atom. The lowest BCUT2D eigenvalue weighted by atomic mass is 10.1. The topological polar surface area (TPSA) is 29.1 Å². The summed E-state index contributed by atoms with van der Waals surface area (Å²) < 4.78 is 62.7. The summed E-state index contributed by atoms with van der Waals surface area (Å²) in [7, 11) is 0. The molecule has 1 rings (SSSR count). The van der Waals surface area contributed by atoms with Gasteiger partial charge in [0.15, 0.2) is 0 Å². The molecule has 0 unspecified atom stereocenters. The van der Waals surface area contributed by atoms with Crippen LogP contribution in [0.15, 0.2) is 12.1 Å². The maximum Gasteiger partial charge on any atom is 0.408 e. The van der Waals surface area contributed by atoms with E-state index >= 15 is 0 Å². The van der Waals surface area contributed by atoms with Gasteiger partial charge in [-0.3, -0.25) is 4.79 Å². The number of amides is 1. The molecule has 1 atom stereocenters. The van der Waals surface area contributed by atoms with E-state index in [1.54, 1.807) is 0 Å². The molecule has 8 heteroatoms. The van der Waals surface area contributed by atoms with Crippen LogP contribution in [0.5, 0.6) is 0 Å². The van der Waals surface area contributed by atoms with Crippen LogP contribution in [-0.2, 0) is 0 Å². The van der Waals surface area contributed by atoms with Gasteiger partial charge in [-0.15, -0.1) is 0 Å². The minimum atomic E-state index is -4.67. The van der Waals surface area contributed by atoms with Crippen molar-refractivity contribution in [3.63, 3.8) is 0 Å². The van der Waals surface area contributed by atoms with E-state index < -0.39 is 40.3 Å². The Labute approximate surface area is 104 Å². The van der Waals surface area contributed by atoms with Crippen molar-refractivity contribution >= 4 is 17.5 Å². The Morgan fingerprint density at radius 1 is 1.28 bits per heavy atom. The Hall–Kier alpha value is -1.37. The van der Waals surface area contributed by atoms with Crippen molar-refractivity contribution in [2.24, 2.45) is 0 Å². The Kier molecular flexibility index (Phi) is 4.16. The van der Waals surface area contributed by atoms with Gasteiger partial charge in [0.1, 0.15) is 17.7 Å². The third-order valence-electron chi connectivity index (χ3n) is 2.09. The number of rotatable bonds is 2. The van der Waals surface area contributed by atoms with Gasteiger partial charge < -0.3 is 5.32 Å². The molecule has 1 amide bonds. The zero-order chi connectivity index (χ0) is 14.1. The fourth-order valence-corrected chi connectivity index (χ4v) is 1.20. The number of hydrogen-bond donors (Lipinski definition) is 1. The molecule has 0 heterocycles. The first-order valence-electron chi connectivity index (χ1n) is 4.65. The number of nitrogens with one attached hydrogen (secondary N) is 1. The average molecular weight is 288 g/mol. The van der Waals surface area contributed by atoms with Gasteiger partial charge in [0.05, 0.1) is 10.6 Å². The van der Waals surface area contributed by atoms with Crippen LogP contribution in [0.25, 0.3) is 0 Å². The van der Waals surface area contributed by atoms with E-state index in [0.29, 0.717) is 19.1 Å². The Morgan fingerprint density at radius 3 is 2.33 bits per heavy atom. The number of carbonyl (C=O) groups excluding carboxylic acids is 1. The van der Waals surface area contributed by atoms with Crippen LogP contribution in [0, 0.1) is 11.6 Å². The van der Waals surface area contributed by atoms with E-state index in [0.717, 1.165) is 0 Å². The van der Waals surface area contributed by atoms with Gasteiger partial charge in [-0.2, -0.15) is 13.2 Å². The smallest absolute Gasteiger partial charge is 0.340 e. The molecule has 0 radical (unpaired) electrons. The molecule has 0 bridgehead atoms. The molecule has 0 aliphatic rings. The van der Waals surface area contributed by atoms with Gasteiger partial charge >= 0.3 is 6.18 Å². The lowest BCUT2D eigenvalue weighted by Crippen LogP contribution is -2.43. The number of benzene rings is 1. The minimum absolute atomic E-state index is 0.441. The molecule has 0 aromatic heterocycles. The first-order chi connectivity index (χ1) is 8.12. The van der Waals surface area contributed by atoms with E-state index in [4.69, 9.17) is 11.6 Å². The van der Waals surface area contributed by atoms with Crippen molar-refractivity contribution in [1.82, 2.24) is 5.32 Å². The van der Waals surface area contributed by atoms with Crippen molar-refractivity contribution < 1.29 is 26.7 Å². The van der Waals surface area contributed by atoms with Gasteiger partial charge in [-0.1, -0.05) is 11.6 Å². The molecule has 0 saturated carbocycles. The standard InChI is InChI=1S/C10H7ClF5NO/c1-4(10(14,15)16)17-9(18)5-2-8(13)6(11)3-7(5)12/h2-4H,1H3,(H,17,18)/t4-/m0/s1. The average Bonchev–Trinajstić information content (AvgIpc) is 2.21. The van der Waals surface area contributed by atoms with E-state index in [1.807, 2.05) is 0 Å². The highest BCUT2D eigenvalue weighted by atomic mass is 35.5. The molecular weight excluding hydrogens is 281 g/mol. The Balaban J connectivity index is 2.95. The van der Waals surface area contributed by atoms with Crippen molar-refractivity contribution in [3.05, 3.63) is 34.4 Å². The Bertz CT molecular complexity index is 474. The fraction of sp³-hybridized carbons (Fsp3) is 0.300. The van der Waals surface area contributed by atoms with Crippen molar-refractivity contribution in [1.29, 1.82) is 0 Å². The number of hydrogen-bond acceptors (Lipinski definition) is 1. The predicted octanol–water partition coefficient (Wildman–Crippen LogP) is 3.30. The van der Waals surface area contributed by atoms with Crippen molar-refractivity contribution in [2.45, 2.75) is 19.1 Å². The van der Waals surface area contributed by atoms with Crippen LogP contribution >= 0.6 is 11.6 Å². The number of alkyl halides is 3. The predicted molar refractivity (Wildman–Crippen MR) is 54.4 cm³/mol. The summed E-state index contributed by atoms with van der Waals surface area (Å²) >= 11 is 5.24. The molecule has 100 valence electrons. The maximum atomic E-state index is 13.2. The molecule has 0 fully saturated rings. The molecule has 0 spiro atoms. The second-order valence-electron chi connectivity index (χ2n) is 3.48. The molecule has 0 saturated heterocycles. The molecule has 1 aromatic rings. The highest BCUT2D eigenvalue weighted by molar-refractivity contribution is 6.30. The third-order valence-corrected chi connectivity index (χ3v) is 2.38. The summed E-state index contributed by atoms with van der Waals surface area (Å²) in [5, 5.41) is 0.948. The van der Waals surface area contributed by atoms with E-state index in [-0.39, 0.29) is 0 Å². The van der Waals surface area contributed by atoms with E-state index in [2.05, 4.69) is 0 Å². The zero-order valence-corrected chi connectivity index (χ0v) is 9.66. The maximum absolute atomic E-state index is 13.2.